The first-order valence-corrected chi connectivity index (χ1v) is 8.87. The number of para-hydroxylation sites is 1. The third kappa shape index (κ3) is 2.16. The second-order valence-electron chi connectivity index (χ2n) is 7.01. The maximum absolute atomic E-state index is 2.64. The minimum absolute atomic E-state index is 0.508. The second-order valence-corrected chi connectivity index (χ2v) is 7.01. The lowest BCUT2D eigenvalue weighted by Crippen LogP contribution is -2.44. The summed E-state index contributed by atoms with van der Waals surface area (Å²) < 4.78 is 0. The van der Waals surface area contributed by atoms with Crippen molar-refractivity contribution in [2.75, 3.05) is 4.90 Å². The second kappa shape index (κ2) is 5.52. The first kappa shape index (κ1) is 13.9. The molecular weight excluding hydrogens is 290 g/mol. The van der Waals surface area contributed by atoms with Gasteiger partial charge in [-0.05, 0) is 41.2 Å². The average molecular weight is 311 g/mol. The van der Waals surface area contributed by atoms with Gasteiger partial charge in [-0.3, -0.25) is 0 Å². The fourth-order valence-corrected chi connectivity index (χ4v) is 4.52. The molecule has 0 aliphatic carbocycles. The van der Waals surface area contributed by atoms with Crippen molar-refractivity contribution in [2.24, 2.45) is 0 Å². The molecule has 0 radical (unpaired) electrons. The molecule has 0 N–H and O–H groups in total. The first-order chi connectivity index (χ1) is 11.9. The molecule has 3 aromatic rings. The molecule has 2 aliphatic heterocycles. The summed E-state index contributed by atoms with van der Waals surface area (Å²) in [4.78, 5) is 2.64. The molecule has 0 amide bonds. The molecule has 5 rings (SSSR count). The van der Waals surface area contributed by atoms with Crippen molar-refractivity contribution in [1.82, 2.24) is 0 Å². The zero-order valence-corrected chi connectivity index (χ0v) is 13.7. The number of hydrogen-bond donors (Lipinski definition) is 0. The lowest BCUT2D eigenvalue weighted by Gasteiger charge is -2.45. The van der Waals surface area contributed by atoms with E-state index in [4.69, 9.17) is 0 Å². The fraction of sp³-hybridized carbons (Fsp3) is 0.217. The van der Waals surface area contributed by atoms with Crippen molar-refractivity contribution < 1.29 is 0 Å². The molecule has 0 fully saturated rings. The highest BCUT2D eigenvalue weighted by Crippen LogP contribution is 2.45. The molecule has 24 heavy (non-hydrogen) atoms. The lowest BCUT2D eigenvalue weighted by atomic mass is 9.77. The van der Waals surface area contributed by atoms with E-state index in [1.54, 1.807) is 0 Å². The number of rotatable bonds is 1. The minimum atomic E-state index is 0.508. The Balaban J connectivity index is 1.61. The highest BCUT2D eigenvalue weighted by molar-refractivity contribution is 5.62. The van der Waals surface area contributed by atoms with Crippen LogP contribution in [0.5, 0.6) is 0 Å². The third-order valence-electron chi connectivity index (χ3n) is 5.69. The Morgan fingerprint density at radius 3 is 2.29 bits per heavy atom. The SMILES string of the molecule is c1ccc([C@H]2C[C@H]3Cc4ccccc4CN3c3ccccc32)cc1. The Labute approximate surface area is 143 Å². The summed E-state index contributed by atoms with van der Waals surface area (Å²) in [7, 11) is 0. The predicted molar refractivity (Wildman–Crippen MR) is 99.5 cm³/mol. The maximum Gasteiger partial charge on any atom is 0.0435 e. The van der Waals surface area contributed by atoms with Crippen molar-refractivity contribution in [3.8, 4) is 0 Å². The third-order valence-corrected chi connectivity index (χ3v) is 5.69. The van der Waals surface area contributed by atoms with Crippen molar-refractivity contribution in [2.45, 2.75) is 31.3 Å². The van der Waals surface area contributed by atoms with Gasteiger partial charge in [0, 0.05) is 24.2 Å². The topological polar surface area (TPSA) is 3.24 Å². The van der Waals surface area contributed by atoms with Crippen LogP contribution in [0.15, 0.2) is 78.9 Å². The van der Waals surface area contributed by atoms with Crippen molar-refractivity contribution in [3.05, 3.63) is 101 Å². The molecule has 3 aromatic carbocycles. The van der Waals surface area contributed by atoms with E-state index < -0.39 is 0 Å². The first-order valence-electron chi connectivity index (χ1n) is 8.87. The van der Waals surface area contributed by atoms with Gasteiger partial charge in [0.05, 0.1) is 0 Å². The van der Waals surface area contributed by atoms with Crippen LogP contribution >= 0.6 is 0 Å². The summed E-state index contributed by atoms with van der Waals surface area (Å²) in [6.07, 6.45) is 2.36. The number of anilines is 1. The average Bonchev–Trinajstić information content (AvgIpc) is 2.66. The highest BCUT2D eigenvalue weighted by atomic mass is 15.2. The van der Waals surface area contributed by atoms with Gasteiger partial charge in [-0.15, -0.1) is 0 Å². The van der Waals surface area contributed by atoms with Gasteiger partial charge >= 0.3 is 0 Å². The number of nitrogens with zero attached hydrogens (tertiary/aromatic N) is 1. The van der Waals surface area contributed by atoms with Crippen LogP contribution in [0.3, 0.4) is 0 Å². The van der Waals surface area contributed by atoms with Gasteiger partial charge in [-0.2, -0.15) is 0 Å². The molecule has 1 nitrogen and oxygen atoms in total. The van der Waals surface area contributed by atoms with Crippen LogP contribution < -0.4 is 4.90 Å². The zero-order chi connectivity index (χ0) is 15.9. The molecule has 1 heteroatoms. The van der Waals surface area contributed by atoms with Gasteiger partial charge in [0.25, 0.3) is 0 Å². The van der Waals surface area contributed by atoms with Gasteiger partial charge in [0.2, 0.25) is 0 Å². The largest absolute Gasteiger partial charge is 0.364 e. The van der Waals surface area contributed by atoms with E-state index in [9.17, 15) is 0 Å². The molecule has 0 spiro atoms. The summed E-state index contributed by atoms with van der Waals surface area (Å²) in [6, 6.07) is 29.6. The molecular formula is C23H21N. The summed E-state index contributed by atoms with van der Waals surface area (Å²) >= 11 is 0. The van der Waals surface area contributed by atoms with E-state index in [1.807, 2.05) is 0 Å². The monoisotopic (exact) mass is 311 g/mol. The Morgan fingerprint density at radius 1 is 0.708 bits per heavy atom. The summed E-state index contributed by atoms with van der Waals surface area (Å²) in [5.41, 5.74) is 7.38. The molecule has 0 aromatic heterocycles. The van der Waals surface area contributed by atoms with E-state index in [1.165, 1.54) is 34.4 Å². The van der Waals surface area contributed by atoms with Gasteiger partial charge in [0.15, 0.2) is 0 Å². The van der Waals surface area contributed by atoms with Crippen molar-refractivity contribution >= 4 is 5.69 Å². The molecule has 0 saturated carbocycles. The van der Waals surface area contributed by atoms with Crippen LogP contribution in [0.2, 0.25) is 0 Å². The quantitative estimate of drug-likeness (QED) is 0.600. The normalized spacial score (nSPS) is 21.6. The van der Waals surface area contributed by atoms with E-state index in [0.29, 0.717) is 12.0 Å². The predicted octanol–water partition coefficient (Wildman–Crippen LogP) is 5.15. The summed E-state index contributed by atoms with van der Waals surface area (Å²) in [5, 5.41) is 0. The molecule has 2 aliphatic rings. The molecule has 118 valence electrons. The molecule has 0 unspecified atom stereocenters. The lowest BCUT2D eigenvalue weighted by molar-refractivity contribution is 0.470. The Kier molecular flexibility index (Phi) is 3.19. The van der Waals surface area contributed by atoms with E-state index in [2.05, 4.69) is 83.8 Å². The Morgan fingerprint density at radius 2 is 1.42 bits per heavy atom. The van der Waals surface area contributed by atoms with Crippen LogP contribution in [0.25, 0.3) is 0 Å². The summed E-state index contributed by atoms with van der Waals surface area (Å²) in [5.74, 6) is 0.508. The highest BCUT2D eigenvalue weighted by Gasteiger charge is 2.35. The Bertz CT molecular complexity index is 868. The van der Waals surface area contributed by atoms with E-state index in [-0.39, 0.29) is 0 Å². The number of fused-ring (bicyclic) bond motifs is 4. The van der Waals surface area contributed by atoms with E-state index >= 15 is 0 Å². The number of benzene rings is 3. The minimum Gasteiger partial charge on any atom is -0.364 e. The van der Waals surface area contributed by atoms with E-state index in [0.717, 1.165) is 13.0 Å². The molecule has 2 atom stereocenters. The number of hydrogen-bond acceptors (Lipinski definition) is 1. The van der Waals surface area contributed by atoms with Gasteiger partial charge < -0.3 is 4.90 Å². The van der Waals surface area contributed by atoms with Crippen LogP contribution in [0, 0.1) is 0 Å². The fourth-order valence-electron chi connectivity index (χ4n) is 4.52. The Hall–Kier alpha value is -2.54. The van der Waals surface area contributed by atoms with Crippen LogP contribution in [-0.4, -0.2) is 6.04 Å². The van der Waals surface area contributed by atoms with Crippen LogP contribution in [-0.2, 0) is 13.0 Å². The van der Waals surface area contributed by atoms with Crippen molar-refractivity contribution in [3.63, 3.8) is 0 Å². The van der Waals surface area contributed by atoms with Crippen molar-refractivity contribution in [1.29, 1.82) is 0 Å². The standard InChI is InChI=1S/C23H21N/c1-2-8-17(9-3-1)22-15-20-14-18-10-4-5-11-19(18)16-24(20)23-13-7-6-12-21(22)23/h1-13,20,22H,14-16H2/t20-,22-/m1/s1. The van der Waals surface area contributed by atoms with Gasteiger partial charge in [-0.1, -0.05) is 72.8 Å². The molecule has 0 saturated heterocycles. The van der Waals surface area contributed by atoms with Gasteiger partial charge in [0.1, 0.15) is 0 Å². The molecule has 0 bridgehead atoms. The van der Waals surface area contributed by atoms with Crippen LogP contribution in [0.4, 0.5) is 5.69 Å². The van der Waals surface area contributed by atoms with Gasteiger partial charge in [-0.25, -0.2) is 0 Å². The van der Waals surface area contributed by atoms with Crippen LogP contribution in [0.1, 0.15) is 34.6 Å². The zero-order valence-electron chi connectivity index (χ0n) is 13.7. The molecule has 2 heterocycles. The summed E-state index contributed by atoms with van der Waals surface area (Å²) in [6.45, 7) is 1.04. The smallest absolute Gasteiger partial charge is 0.0435 e. The maximum atomic E-state index is 2.64.